The molecule has 1 aromatic heterocycles. The van der Waals surface area contributed by atoms with E-state index in [-0.39, 0.29) is 9.79 Å². The number of hydrogen-bond acceptors (Lipinski definition) is 5. The molecule has 0 aliphatic heterocycles. The van der Waals surface area contributed by atoms with E-state index < -0.39 is 21.5 Å². The monoisotopic (exact) mass is 415 g/mol. The van der Waals surface area contributed by atoms with Crippen LogP contribution in [0.4, 0.5) is 10.5 Å². The first-order valence-electron chi connectivity index (χ1n) is 9.29. The van der Waals surface area contributed by atoms with Crippen LogP contribution in [-0.2, 0) is 14.6 Å². The van der Waals surface area contributed by atoms with Crippen molar-refractivity contribution in [1.29, 1.82) is 0 Å². The number of fused-ring (bicyclic) bond motifs is 1. The summed E-state index contributed by atoms with van der Waals surface area (Å²) >= 11 is 0. The van der Waals surface area contributed by atoms with Crippen LogP contribution < -0.4 is 10.6 Å². The molecular formula is C21H25N3O4S. The first kappa shape index (κ1) is 20.7. The number of aromatic nitrogens is 1. The van der Waals surface area contributed by atoms with E-state index >= 15 is 0 Å². The van der Waals surface area contributed by atoms with E-state index in [0.29, 0.717) is 24.0 Å². The molecule has 3 rings (SSSR count). The summed E-state index contributed by atoms with van der Waals surface area (Å²) in [6, 6.07) is 13.8. The molecule has 0 atom stereocenters. The Balaban J connectivity index is 1.73. The predicted molar refractivity (Wildman–Crippen MR) is 113 cm³/mol. The van der Waals surface area contributed by atoms with E-state index in [1.54, 1.807) is 63.2 Å². The van der Waals surface area contributed by atoms with Gasteiger partial charge in [0.25, 0.3) is 0 Å². The highest BCUT2D eigenvalue weighted by atomic mass is 32.2. The summed E-state index contributed by atoms with van der Waals surface area (Å²) in [6.07, 6.45) is 1.03. The average molecular weight is 416 g/mol. The van der Waals surface area contributed by atoms with Crippen LogP contribution in [0.3, 0.4) is 0 Å². The molecule has 0 bridgehead atoms. The predicted octanol–water partition coefficient (Wildman–Crippen LogP) is 3.94. The van der Waals surface area contributed by atoms with Crippen LogP contribution in [0.1, 0.15) is 20.8 Å². The van der Waals surface area contributed by atoms with E-state index in [1.807, 2.05) is 6.07 Å². The van der Waals surface area contributed by atoms with Gasteiger partial charge in [0.05, 0.1) is 21.0 Å². The molecule has 0 unspecified atom stereocenters. The molecule has 0 aliphatic carbocycles. The van der Waals surface area contributed by atoms with Gasteiger partial charge < -0.3 is 20.4 Å². The van der Waals surface area contributed by atoms with Gasteiger partial charge in [-0.05, 0) is 39.0 Å². The van der Waals surface area contributed by atoms with E-state index in [2.05, 4.69) is 15.6 Å². The zero-order valence-corrected chi connectivity index (χ0v) is 17.5. The molecule has 29 heavy (non-hydrogen) atoms. The number of benzene rings is 2. The number of hydrogen-bond donors (Lipinski definition) is 3. The largest absolute Gasteiger partial charge is 0.444 e. The molecule has 0 fully saturated rings. The van der Waals surface area contributed by atoms with Crippen LogP contribution >= 0.6 is 0 Å². The van der Waals surface area contributed by atoms with Crippen molar-refractivity contribution in [3.05, 3.63) is 54.7 Å². The molecule has 0 spiro atoms. The van der Waals surface area contributed by atoms with Crippen molar-refractivity contribution >= 4 is 32.5 Å². The van der Waals surface area contributed by atoms with Crippen molar-refractivity contribution in [2.45, 2.75) is 36.2 Å². The molecule has 2 aromatic carbocycles. The summed E-state index contributed by atoms with van der Waals surface area (Å²) in [5, 5.41) is 6.50. The van der Waals surface area contributed by atoms with Crippen LogP contribution in [0.25, 0.3) is 10.9 Å². The molecule has 1 heterocycles. The fourth-order valence-corrected chi connectivity index (χ4v) is 4.34. The zero-order chi connectivity index (χ0) is 21.1. The Morgan fingerprint density at radius 2 is 1.76 bits per heavy atom. The second-order valence-corrected chi connectivity index (χ2v) is 9.47. The van der Waals surface area contributed by atoms with E-state index in [1.165, 1.54) is 6.20 Å². The molecular weight excluding hydrogens is 390 g/mol. The number of alkyl carbamates (subject to hydrolysis) is 1. The summed E-state index contributed by atoms with van der Waals surface area (Å²) in [6.45, 7) is 6.23. The van der Waals surface area contributed by atoms with Gasteiger partial charge in [-0.25, -0.2) is 13.2 Å². The van der Waals surface area contributed by atoms with Gasteiger partial charge in [0, 0.05) is 24.7 Å². The highest BCUT2D eigenvalue weighted by molar-refractivity contribution is 7.91. The van der Waals surface area contributed by atoms with E-state index in [9.17, 15) is 13.2 Å². The SMILES string of the molecule is CC(C)(C)OC(=O)NCCNc1cccc2c(S(=O)(=O)c3ccccc3)c[nH]c12. The summed E-state index contributed by atoms with van der Waals surface area (Å²) in [5.74, 6) is 0. The smallest absolute Gasteiger partial charge is 0.407 e. The number of amides is 1. The third-order valence-electron chi connectivity index (χ3n) is 4.13. The number of anilines is 1. The van der Waals surface area contributed by atoms with Gasteiger partial charge in [0.2, 0.25) is 9.84 Å². The normalized spacial score (nSPS) is 12.0. The Morgan fingerprint density at radius 1 is 1.03 bits per heavy atom. The Hall–Kier alpha value is -3.00. The van der Waals surface area contributed by atoms with E-state index in [4.69, 9.17) is 4.74 Å². The maximum atomic E-state index is 13.0. The number of carbonyl (C=O) groups is 1. The lowest BCUT2D eigenvalue weighted by Gasteiger charge is -2.19. The second kappa shape index (κ2) is 8.16. The number of carbonyl (C=O) groups excluding carboxylic acids is 1. The number of para-hydroxylation sites is 1. The molecule has 3 aromatic rings. The zero-order valence-electron chi connectivity index (χ0n) is 16.7. The quantitative estimate of drug-likeness (QED) is 0.530. The van der Waals surface area contributed by atoms with Gasteiger partial charge in [0.15, 0.2) is 0 Å². The Morgan fingerprint density at radius 3 is 2.45 bits per heavy atom. The Bertz CT molecular complexity index is 1100. The third kappa shape index (κ3) is 4.89. The third-order valence-corrected chi connectivity index (χ3v) is 5.94. The van der Waals surface area contributed by atoms with Gasteiger partial charge in [-0.2, -0.15) is 0 Å². The Kier molecular flexibility index (Phi) is 5.83. The van der Waals surface area contributed by atoms with Crippen LogP contribution in [0, 0.1) is 0 Å². The highest BCUT2D eigenvalue weighted by Crippen LogP contribution is 2.31. The molecule has 0 saturated heterocycles. The molecule has 8 heteroatoms. The lowest BCUT2D eigenvalue weighted by molar-refractivity contribution is 0.0530. The Labute approximate surface area is 170 Å². The molecule has 3 N–H and O–H groups in total. The van der Waals surface area contributed by atoms with Crippen molar-refractivity contribution < 1.29 is 17.9 Å². The minimum Gasteiger partial charge on any atom is -0.444 e. The molecule has 0 saturated carbocycles. The summed E-state index contributed by atoms with van der Waals surface area (Å²) in [4.78, 5) is 15.2. The van der Waals surface area contributed by atoms with Gasteiger partial charge in [-0.1, -0.05) is 30.3 Å². The molecule has 1 amide bonds. The minimum absolute atomic E-state index is 0.231. The molecule has 0 aliphatic rings. The fourth-order valence-electron chi connectivity index (χ4n) is 2.90. The minimum atomic E-state index is -3.63. The van der Waals surface area contributed by atoms with Crippen LogP contribution in [0.15, 0.2) is 64.5 Å². The van der Waals surface area contributed by atoms with Crippen molar-refractivity contribution in [2.75, 3.05) is 18.4 Å². The van der Waals surface area contributed by atoms with E-state index in [0.717, 1.165) is 5.69 Å². The van der Waals surface area contributed by atoms with Crippen LogP contribution in [0.2, 0.25) is 0 Å². The second-order valence-electron chi connectivity index (χ2n) is 7.55. The summed E-state index contributed by atoms with van der Waals surface area (Å²) < 4.78 is 31.1. The fraction of sp³-hybridized carbons (Fsp3) is 0.286. The average Bonchev–Trinajstić information content (AvgIpc) is 3.10. The molecule has 7 nitrogen and oxygen atoms in total. The number of aromatic amines is 1. The first-order chi connectivity index (χ1) is 13.7. The first-order valence-corrected chi connectivity index (χ1v) is 10.8. The maximum Gasteiger partial charge on any atom is 0.407 e. The molecule has 154 valence electrons. The van der Waals surface area contributed by atoms with Gasteiger partial charge in [0.1, 0.15) is 5.60 Å². The number of H-pyrrole nitrogens is 1. The van der Waals surface area contributed by atoms with Crippen molar-refractivity contribution in [3.8, 4) is 0 Å². The standard InChI is InChI=1S/C21H25N3O4S/c1-21(2,3)28-20(25)23-13-12-22-17-11-7-10-16-18(14-24-19(16)17)29(26,27)15-8-5-4-6-9-15/h4-11,14,22,24H,12-13H2,1-3H3,(H,23,25). The van der Waals surface area contributed by atoms with Crippen molar-refractivity contribution in [3.63, 3.8) is 0 Å². The van der Waals surface area contributed by atoms with Crippen LogP contribution in [-0.4, -0.2) is 38.2 Å². The topological polar surface area (TPSA) is 100 Å². The van der Waals surface area contributed by atoms with Gasteiger partial charge in [-0.15, -0.1) is 0 Å². The number of nitrogens with one attached hydrogen (secondary N) is 3. The summed E-state index contributed by atoms with van der Waals surface area (Å²) in [5.41, 5.74) is 0.899. The summed E-state index contributed by atoms with van der Waals surface area (Å²) in [7, 11) is -3.63. The van der Waals surface area contributed by atoms with Crippen molar-refractivity contribution in [1.82, 2.24) is 10.3 Å². The lowest BCUT2D eigenvalue weighted by Crippen LogP contribution is -2.35. The highest BCUT2D eigenvalue weighted by Gasteiger charge is 2.22. The molecule has 0 radical (unpaired) electrons. The van der Waals surface area contributed by atoms with Gasteiger partial charge >= 0.3 is 6.09 Å². The maximum absolute atomic E-state index is 13.0. The lowest BCUT2D eigenvalue weighted by atomic mass is 10.2. The number of ether oxygens (including phenoxy) is 1. The van der Waals surface area contributed by atoms with Crippen LogP contribution in [0.5, 0.6) is 0 Å². The number of sulfone groups is 1. The van der Waals surface area contributed by atoms with Crippen molar-refractivity contribution in [2.24, 2.45) is 0 Å². The number of rotatable bonds is 6. The van der Waals surface area contributed by atoms with Gasteiger partial charge in [-0.3, -0.25) is 0 Å².